The van der Waals surface area contributed by atoms with Crippen molar-refractivity contribution in [1.82, 2.24) is 0 Å². The van der Waals surface area contributed by atoms with Crippen LogP contribution in [0.25, 0.3) is 28.3 Å². The van der Waals surface area contributed by atoms with E-state index in [-0.39, 0.29) is 17.1 Å². The first-order valence-corrected chi connectivity index (χ1v) is 22.0. The molecule has 0 saturated carbocycles. The molecule has 4 aromatic carbocycles. The monoisotopic (exact) mass is 740 g/mol. The van der Waals surface area contributed by atoms with E-state index in [0.29, 0.717) is 12.5 Å². The van der Waals surface area contributed by atoms with E-state index in [1.165, 1.54) is 50.2 Å². The molecule has 0 spiro atoms. The Morgan fingerprint density at radius 2 is 1.65 bits per heavy atom. The lowest BCUT2D eigenvalue weighted by atomic mass is 9.69. The zero-order valence-electron chi connectivity index (χ0n) is 33.0. The van der Waals surface area contributed by atoms with Crippen LogP contribution >= 0.6 is 7.14 Å². The summed E-state index contributed by atoms with van der Waals surface area (Å²) in [5, 5.41) is 2.05. The highest BCUT2D eigenvalue weighted by Gasteiger charge is 2.44. The summed E-state index contributed by atoms with van der Waals surface area (Å²) < 4.78 is 15.7. The number of anilines is 1. The van der Waals surface area contributed by atoms with Crippen molar-refractivity contribution in [2.45, 2.75) is 77.4 Å². The third-order valence-electron chi connectivity index (χ3n) is 12.6. The van der Waals surface area contributed by atoms with Crippen LogP contribution in [0.2, 0.25) is 0 Å². The average molecular weight is 741 g/mol. The Kier molecular flexibility index (Phi) is 10.3. The van der Waals surface area contributed by atoms with E-state index >= 15 is 4.57 Å². The molecule has 0 saturated heterocycles. The van der Waals surface area contributed by atoms with Crippen molar-refractivity contribution >= 4 is 30.0 Å². The van der Waals surface area contributed by atoms with E-state index in [4.69, 9.17) is 4.99 Å². The van der Waals surface area contributed by atoms with Crippen LogP contribution in [-0.2, 0) is 9.98 Å². The van der Waals surface area contributed by atoms with Gasteiger partial charge >= 0.3 is 0 Å². The van der Waals surface area contributed by atoms with Gasteiger partial charge in [-0.25, -0.2) is 0 Å². The van der Waals surface area contributed by atoms with Crippen molar-refractivity contribution in [3.8, 4) is 22.3 Å². The maximum Gasteiger partial charge on any atom is 0.146 e. The number of rotatable bonds is 9. The van der Waals surface area contributed by atoms with Crippen LogP contribution in [0.5, 0.6) is 0 Å². The molecule has 2 aliphatic carbocycles. The fourth-order valence-electron chi connectivity index (χ4n) is 9.30. The first-order valence-electron chi connectivity index (χ1n) is 20.2. The van der Waals surface area contributed by atoms with Gasteiger partial charge in [-0.05, 0) is 89.9 Å². The second kappa shape index (κ2) is 15.3. The highest BCUT2D eigenvalue weighted by Crippen LogP contribution is 2.63. The smallest absolute Gasteiger partial charge is 0.146 e. The van der Waals surface area contributed by atoms with Crippen LogP contribution in [0.1, 0.15) is 77.0 Å². The Labute approximate surface area is 328 Å². The van der Waals surface area contributed by atoms with E-state index < -0.39 is 7.14 Å². The second-order valence-electron chi connectivity index (χ2n) is 15.8. The van der Waals surface area contributed by atoms with Gasteiger partial charge in [-0.2, -0.15) is 0 Å². The molecule has 55 heavy (non-hydrogen) atoms. The van der Waals surface area contributed by atoms with Crippen LogP contribution in [0.3, 0.4) is 0 Å². The lowest BCUT2D eigenvalue weighted by Gasteiger charge is -2.38. The van der Waals surface area contributed by atoms with Crippen LogP contribution in [0.15, 0.2) is 162 Å². The summed E-state index contributed by atoms with van der Waals surface area (Å²) in [6.07, 6.45) is 25.4. The van der Waals surface area contributed by atoms with Gasteiger partial charge in [0, 0.05) is 27.5 Å². The third kappa shape index (κ3) is 6.41. The molecule has 2 heterocycles. The van der Waals surface area contributed by atoms with Crippen molar-refractivity contribution < 1.29 is 4.57 Å². The first-order chi connectivity index (χ1) is 26.8. The number of amidine groups is 1. The fraction of sp³-hybridized carbons (Fsp3) is 0.275. The summed E-state index contributed by atoms with van der Waals surface area (Å²) in [5.74, 6) is 1.39. The highest BCUT2D eigenvalue weighted by atomic mass is 31.2. The molecule has 0 amide bonds. The van der Waals surface area contributed by atoms with Gasteiger partial charge < -0.3 is 9.46 Å². The van der Waals surface area contributed by atoms with Crippen molar-refractivity contribution in [2.24, 2.45) is 10.9 Å². The molecule has 8 rings (SSSR count). The predicted octanol–water partition coefficient (Wildman–Crippen LogP) is 13.1. The lowest BCUT2D eigenvalue weighted by molar-refractivity contribution is 0.394. The number of hydrogen-bond acceptors (Lipinski definition) is 3. The number of hydrogen-bond donors (Lipinski definition) is 0. The zero-order chi connectivity index (χ0) is 38.2. The molecule has 4 atom stereocenters. The van der Waals surface area contributed by atoms with Gasteiger partial charge in [-0.15, -0.1) is 0 Å². The molecular weight excluding hydrogens is 688 g/mol. The largest absolute Gasteiger partial charge is 0.319 e. The minimum Gasteiger partial charge on any atom is -0.319 e. The maximum absolute atomic E-state index is 15.7. The van der Waals surface area contributed by atoms with E-state index in [0.717, 1.165) is 42.1 Å². The molecule has 0 radical (unpaired) electrons. The zero-order valence-corrected chi connectivity index (χ0v) is 33.8. The van der Waals surface area contributed by atoms with Crippen LogP contribution in [0.4, 0.5) is 5.69 Å². The van der Waals surface area contributed by atoms with E-state index in [1.54, 1.807) is 0 Å². The number of benzene rings is 4. The lowest BCUT2D eigenvalue weighted by Crippen LogP contribution is -2.42. The van der Waals surface area contributed by atoms with Gasteiger partial charge in [0.2, 0.25) is 0 Å². The SMILES string of the molecule is C/C=C\C(CC1=Cc2ccc(-c3ccc4c(c3)-c3ccccc3/C3=N/C/C=C\C=C/C(CC)N34)cc2C1(C)C(C)C)P(=O)(C1=CC=CCC1)c1ccccc1. The van der Waals surface area contributed by atoms with Crippen molar-refractivity contribution in [1.29, 1.82) is 0 Å². The summed E-state index contributed by atoms with van der Waals surface area (Å²) in [6.45, 7) is 12.1. The molecule has 0 bridgehead atoms. The van der Waals surface area contributed by atoms with Gasteiger partial charge in [0.1, 0.15) is 13.0 Å². The molecule has 0 aromatic heterocycles. The first kappa shape index (κ1) is 37.0. The topological polar surface area (TPSA) is 32.7 Å². The summed E-state index contributed by atoms with van der Waals surface area (Å²) in [5.41, 5.74) is 11.0. The van der Waals surface area contributed by atoms with Crippen LogP contribution < -0.4 is 10.2 Å². The normalized spacial score (nSPS) is 23.8. The van der Waals surface area contributed by atoms with Gasteiger partial charge in [0.15, 0.2) is 0 Å². The fourth-order valence-corrected chi connectivity index (χ4v) is 12.7. The highest BCUT2D eigenvalue weighted by molar-refractivity contribution is 7.76. The molecule has 4 aliphatic rings. The van der Waals surface area contributed by atoms with Crippen molar-refractivity contribution in [2.75, 3.05) is 11.4 Å². The number of nitrogens with zero attached hydrogens (tertiary/aromatic N) is 2. The quantitative estimate of drug-likeness (QED) is 0.126. The summed E-state index contributed by atoms with van der Waals surface area (Å²) in [6, 6.07) is 33.3. The Balaban J connectivity index is 1.19. The van der Waals surface area contributed by atoms with E-state index in [9.17, 15) is 0 Å². The van der Waals surface area contributed by atoms with Gasteiger partial charge in [0.25, 0.3) is 0 Å². The number of fused-ring (bicyclic) bond motifs is 7. The van der Waals surface area contributed by atoms with Gasteiger partial charge in [-0.3, -0.25) is 4.99 Å². The van der Waals surface area contributed by atoms with Crippen LogP contribution in [0, 0.1) is 5.92 Å². The summed E-state index contributed by atoms with van der Waals surface area (Å²) in [7, 11) is -2.97. The van der Waals surface area contributed by atoms with E-state index in [1.807, 2.05) is 18.2 Å². The minimum absolute atomic E-state index is 0.130. The number of allylic oxidation sites excluding steroid dienone is 9. The minimum atomic E-state index is -2.97. The Hall–Kier alpha value is -4.98. The third-order valence-corrected chi connectivity index (χ3v) is 16.2. The number of aliphatic imine (C=N–C) groups is 1. The van der Waals surface area contributed by atoms with Crippen molar-refractivity contribution in [3.05, 3.63) is 173 Å². The average Bonchev–Trinajstić information content (AvgIpc) is 3.57. The summed E-state index contributed by atoms with van der Waals surface area (Å²) in [4.78, 5) is 7.59. The molecule has 2 aliphatic heterocycles. The molecule has 3 nitrogen and oxygen atoms in total. The molecule has 4 aromatic rings. The molecule has 0 N–H and O–H groups in total. The Bertz CT molecular complexity index is 2370. The van der Waals surface area contributed by atoms with Gasteiger partial charge in [-0.1, -0.05) is 167 Å². The van der Waals surface area contributed by atoms with Gasteiger partial charge in [0.05, 0.1) is 18.3 Å². The Morgan fingerprint density at radius 3 is 2.40 bits per heavy atom. The van der Waals surface area contributed by atoms with Crippen molar-refractivity contribution in [3.63, 3.8) is 0 Å². The molecule has 278 valence electrons. The molecule has 4 unspecified atom stereocenters. The van der Waals surface area contributed by atoms with E-state index in [2.05, 4.69) is 173 Å². The van der Waals surface area contributed by atoms with Crippen LogP contribution in [-0.4, -0.2) is 24.1 Å². The molecule has 0 fully saturated rings. The maximum atomic E-state index is 15.7. The standard InChI is InChI=1S/C51H53N2OP/c1-6-19-44(55(54,42-21-12-8-13-22-42)43-23-14-9-15-24-43)35-40-32-39-28-27-38(34-48(39)51(40,5)36(3)4)37-29-30-49-47(33-37)45-25-16-17-26-46(45)50-52-31-18-10-11-20-41(7-2)53(49)50/h6,8-14,16-23,25-30,32-34,36,41,44H,7,15,24,31,35H2,1-5H3/b18-10-,19-6-,20-11-,52-50-. The molecule has 4 heteroatoms. The summed E-state index contributed by atoms with van der Waals surface area (Å²) >= 11 is 0. The second-order valence-corrected chi connectivity index (χ2v) is 18.9. The predicted molar refractivity (Wildman–Crippen MR) is 237 cm³/mol. The Morgan fingerprint density at radius 1 is 0.891 bits per heavy atom. The molecular formula is C51H53N2OP.